The van der Waals surface area contributed by atoms with Gasteiger partial charge in [-0.2, -0.15) is 0 Å². The van der Waals surface area contributed by atoms with Crippen molar-refractivity contribution in [2.24, 2.45) is 0 Å². The summed E-state index contributed by atoms with van der Waals surface area (Å²) in [6.07, 6.45) is 0. The molecule has 0 aromatic heterocycles. The summed E-state index contributed by atoms with van der Waals surface area (Å²) in [6, 6.07) is 17.1. The molecule has 0 atom stereocenters. The van der Waals surface area contributed by atoms with Gasteiger partial charge in [0.1, 0.15) is 0 Å². The largest absolute Gasteiger partial charge is 0.289 e. The van der Waals surface area contributed by atoms with Crippen molar-refractivity contribution >= 4 is 44.0 Å². The van der Waals surface area contributed by atoms with Gasteiger partial charge in [0.25, 0.3) is 5.54 Å². The first-order valence-corrected chi connectivity index (χ1v) is 6.59. The van der Waals surface area contributed by atoms with E-state index in [1.807, 2.05) is 11.8 Å². The number of halogens is 1. The second-order valence-electron chi connectivity index (χ2n) is 3.54. The SMILES string of the molecule is BrB1c2ccccc2Sc2ccccc21. The third kappa shape index (κ3) is 1.54. The van der Waals surface area contributed by atoms with E-state index in [2.05, 4.69) is 64.3 Å². The van der Waals surface area contributed by atoms with Gasteiger partial charge in [0.05, 0.1) is 0 Å². The zero-order valence-electron chi connectivity index (χ0n) is 7.98. The van der Waals surface area contributed by atoms with Crippen LogP contribution in [0.25, 0.3) is 0 Å². The Morgan fingerprint density at radius 1 is 0.800 bits per heavy atom. The molecule has 72 valence electrons. The fourth-order valence-corrected chi connectivity index (χ4v) is 4.09. The molecule has 3 rings (SSSR count). The van der Waals surface area contributed by atoms with Crippen LogP contribution in [0.4, 0.5) is 0 Å². The van der Waals surface area contributed by atoms with Crippen LogP contribution in [0, 0.1) is 0 Å². The van der Waals surface area contributed by atoms with Gasteiger partial charge in [-0.1, -0.05) is 48.2 Å². The lowest BCUT2D eigenvalue weighted by Crippen LogP contribution is -2.41. The molecule has 0 radical (unpaired) electrons. The Morgan fingerprint density at radius 2 is 1.27 bits per heavy atom. The maximum Gasteiger partial charge on any atom is 0.289 e. The van der Waals surface area contributed by atoms with E-state index in [0.29, 0.717) is 5.54 Å². The Bertz CT molecular complexity index is 467. The molecule has 0 amide bonds. The van der Waals surface area contributed by atoms with Crippen LogP contribution in [0.2, 0.25) is 0 Å². The highest BCUT2D eigenvalue weighted by molar-refractivity contribution is 9.25. The summed E-state index contributed by atoms with van der Waals surface area (Å²) in [4.78, 5) is 2.72. The zero-order valence-corrected chi connectivity index (χ0v) is 10.4. The molecule has 1 aliphatic rings. The van der Waals surface area contributed by atoms with Crippen LogP contribution in [0.15, 0.2) is 58.3 Å². The lowest BCUT2D eigenvalue weighted by Gasteiger charge is -2.21. The molecule has 0 saturated carbocycles. The second kappa shape index (κ2) is 3.73. The summed E-state index contributed by atoms with van der Waals surface area (Å²) < 4.78 is 0. The molecule has 0 fully saturated rings. The van der Waals surface area contributed by atoms with Crippen molar-refractivity contribution in [1.82, 2.24) is 0 Å². The van der Waals surface area contributed by atoms with Gasteiger partial charge in [0, 0.05) is 9.79 Å². The summed E-state index contributed by atoms with van der Waals surface area (Å²) in [6.45, 7) is 0. The van der Waals surface area contributed by atoms with Gasteiger partial charge in [0.2, 0.25) is 0 Å². The Balaban J connectivity index is 2.20. The van der Waals surface area contributed by atoms with Crippen LogP contribution < -0.4 is 10.9 Å². The first kappa shape index (κ1) is 9.55. The normalized spacial score (nSPS) is 13.3. The van der Waals surface area contributed by atoms with Crippen molar-refractivity contribution < 1.29 is 0 Å². The van der Waals surface area contributed by atoms with Gasteiger partial charge < -0.3 is 0 Å². The van der Waals surface area contributed by atoms with E-state index < -0.39 is 0 Å². The van der Waals surface area contributed by atoms with E-state index >= 15 is 0 Å². The molecule has 3 heteroatoms. The molecular weight excluding hydrogens is 267 g/mol. The standard InChI is InChI=1S/C12H8BBrS/c14-13-9-5-1-3-7-11(9)15-12-8-4-2-6-10(12)13/h1-8H. The molecule has 2 aromatic carbocycles. The van der Waals surface area contributed by atoms with Crippen molar-refractivity contribution in [3.8, 4) is 0 Å². The van der Waals surface area contributed by atoms with Gasteiger partial charge in [-0.3, -0.25) is 0 Å². The summed E-state index contributed by atoms with van der Waals surface area (Å²) in [5.41, 5.74) is 3.09. The first-order valence-electron chi connectivity index (χ1n) is 4.86. The van der Waals surface area contributed by atoms with E-state index in [-0.39, 0.29) is 0 Å². The lowest BCUT2D eigenvalue weighted by molar-refractivity contribution is 1.44. The fraction of sp³-hybridized carbons (Fsp3) is 0. The average molecular weight is 275 g/mol. The van der Waals surface area contributed by atoms with Gasteiger partial charge in [-0.15, -0.1) is 15.8 Å². The molecule has 0 aliphatic carbocycles. The Kier molecular flexibility index (Phi) is 2.37. The first-order chi connectivity index (χ1) is 7.36. The van der Waals surface area contributed by atoms with Crippen molar-refractivity contribution in [3.63, 3.8) is 0 Å². The number of fused-ring (bicyclic) bond motifs is 2. The monoisotopic (exact) mass is 274 g/mol. The minimum atomic E-state index is 0.339. The van der Waals surface area contributed by atoms with E-state index in [4.69, 9.17) is 0 Å². The summed E-state index contributed by atoms with van der Waals surface area (Å²) >= 11 is 5.63. The molecule has 1 heterocycles. The number of hydrogen-bond acceptors (Lipinski definition) is 1. The topological polar surface area (TPSA) is 0 Å². The predicted molar refractivity (Wildman–Crippen MR) is 71.0 cm³/mol. The molecule has 0 bridgehead atoms. The molecule has 0 unspecified atom stereocenters. The molecule has 2 aromatic rings. The summed E-state index contributed by atoms with van der Waals surface area (Å²) in [5, 5.41) is 0. The minimum Gasteiger partial charge on any atom is -0.143 e. The van der Waals surface area contributed by atoms with Crippen molar-refractivity contribution in [1.29, 1.82) is 0 Å². The Hall–Kier alpha value is -0.665. The summed E-state index contributed by atoms with van der Waals surface area (Å²) in [7, 11) is 0. The maximum absolute atomic E-state index is 3.77. The number of benzene rings is 2. The van der Waals surface area contributed by atoms with Gasteiger partial charge in [-0.05, 0) is 23.1 Å². The number of hydrogen-bond donors (Lipinski definition) is 0. The fourth-order valence-electron chi connectivity index (χ4n) is 1.85. The van der Waals surface area contributed by atoms with E-state index in [9.17, 15) is 0 Å². The minimum absolute atomic E-state index is 0.339. The lowest BCUT2D eigenvalue weighted by atomic mass is 9.63. The predicted octanol–water partition coefficient (Wildman–Crippen LogP) is 2.65. The highest BCUT2D eigenvalue weighted by atomic mass is 79.9. The van der Waals surface area contributed by atoms with Crippen LogP contribution in [0.3, 0.4) is 0 Å². The van der Waals surface area contributed by atoms with Gasteiger partial charge in [0.15, 0.2) is 0 Å². The second-order valence-corrected chi connectivity index (χ2v) is 5.54. The van der Waals surface area contributed by atoms with E-state index in [1.54, 1.807) is 0 Å². The molecule has 0 spiro atoms. The number of rotatable bonds is 0. The smallest absolute Gasteiger partial charge is 0.143 e. The molecule has 0 saturated heterocycles. The van der Waals surface area contributed by atoms with Gasteiger partial charge in [-0.25, -0.2) is 0 Å². The third-order valence-electron chi connectivity index (χ3n) is 2.60. The Labute approximate surface area is 102 Å². The quantitative estimate of drug-likeness (QED) is 0.666. The van der Waals surface area contributed by atoms with Crippen LogP contribution in [-0.4, -0.2) is 5.54 Å². The third-order valence-corrected chi connectivity index (χ3v) is 4.77. The summed E-state index contributed by atoms with van der Waals surface area (Å²) in [5.74, 6) is 0. The van der Waals surface area contributed by atoms with Crippen LogP contribution >= 0.6 is 27.5 Å². The van der Waals surface area contributed by atoms with Gasteiger partial charge >= 0.3 is 0 Å². The molecule has 15 heavy (non-hydrogen) atoms. The average Bonchev–Trinajstić information content (AvgIpc) is 2.30. The molecule has 0 nitrogen and oxygen atoms in total. The van der Waals surface area contributed by atoms with Crippen LogP contribution in [0.5, 0.6) is 0 Å². The van der Waals surface area contributed by atoms with E-state index in [0.717, 1.165) is 0 Å². The van der Waals surface area contributed by atoms with Crippen molar-refractivity contribution in [2.75, 3.05) is 0 Å². The molecule has 1 aliphatic heterocycles. The highest BCUT2D eigenvalue weighted by Crippen LogP contribution is 2.30. The highest BCUT2D eigenvalue weighted by Gasteiger charge is 2.26. The Morgan fingerprint density at radius 3 is 1.80 bits per heavy atom. The molecular formula is C12H8BBrS. The van der Waals surface area contributed by atoms with Crippen molar-refractivity contribution in [3.05, 3.63) is 48.5 Å². The van der Waals surface area contributed by atoms with Crippen LogP contribution in [-0.2, 0) is 0 Å². The molecule has 0 N–H and O–H groups in total. The van der Waals surface area contributed by atoms with Crippen molar-refractivity contribution in [2.45, 2.75) is 9.79 Å². The van der Waals surface area contributed by atoms with E-state index in [1.165, 1.54) is 20.7 Å². The van der Waals surface area contributed by atoms with Crippen LogP contribution in [0.1, 0.15) is 0 Å². The zero-order chi connectivity index (χ0) is 10.3. The maximum atomic E-state index is 3.77.